The maximum absolute atomic E-state index is 13.3. The number of hydrogen-bond acceptors (Lipinski definition) is 6. The number of ketones is 1. The number of carbonyl (C=O) groups excluding carboxylic acids is 2. The molecular weight excluding hydrogens is 468 g/mol. The Morgan fingerprint density at radius 2 is 1.57 bits per heavy atom. The van der Waals surface area contributed by atoms with E-state index in [1.54, 1.807) is 23.1 Å². The highest BCUT2D eigenvalue weighted by atomic mass is 16.5. The Hall–Kier alpha value is -3.32. The third kappa shape index (κ3) is 7.35. The molecule has 0 saturated carbocycles. The average molecular weight is 509 g/mol. The van der Waals surface area contributed by atoms with Gasteiger partial charge >= 0.3 is 0 Å². The molecule has 1 N–H and O–H groups in total. The molecule has 0 aromatic heterocycles. The van der Waals surface area contributed by atoms with Gasteiger partial charge in [0.05, 0.1) is 24.8 Å². The first kappa shape index (κ1) is 28.3. The van der Waals surface area contributed by atoms with Crippen LogP contribution in [0.25, 0.3) is 5.76 Å². The molecule has 1 atom stereocenters. The lowest BCUT2D eigenvalue weighted by Gasteiger charge is -2.26. The first-order chi connectivity index (χ1) is 17.9. The molecule has 1 aliphatic rings. The van der Waals surface area contributed by atoms with Crippen molar-refractivity contribution < 1.29 is 24.2 Å². The van der Waals surface area contributed by atoms with Crippen molar-refractivity contribution in [3.05, 3.63) is 65.2 Å². The summed E-state index contributed by atoms with van der Waals surface area (Å²) in [4.78, 5) is 30.0. The van der Waals surface area contributed by atoms with Crippen molar-refractivity contribution in [3.63, 3.8) is 0 Å². The number of aliphatic hydroxyl groups is 1. The second-order valence-corrected chi connectivity index (χ2v) is 9.65. The molecule has 3 rings (SSSR count). The van der Waals surface area contributed by atoms with E-state index in [0.717, 1.165) is 43.5 Å². The van der Waals surface area contributed by atoms with Crippen molar-refractivity contribution in [1.29, 1.82) is 0 Å². The summed E-state index contributed by atoms with van der Waals surface area (Å²) < 4.78 is 11.6. The fraction of sp³-hybridized carbons (Fsp3) is 0.467. The zero-order valence-corrected chi connectivity index (χ0v) is 22.5. The van der Waals surface area contributed by atoms with E-state index in [4.69, 9.17) is 9.47 Å². The molecule has 1 aliphatic heterocycles. The number of ether oxygens (including phenoxy) is 2. The molecule has 200 valence electrons. The Bertz CT molecular complexity index is 1080. The number of carbonyl (C=O) groups is 2. The van der Waals surface area contributed by atoms with Gasteiger partial charge in [-0.1, -0.05) is 51.0 Å². The van der Waals surface area contributed by atoms with Gasteiger partial charge in [0.1, 0.15) is 17.3 Å². The van der Waals surface area contributed by atoms with Crippen LogP contribution in [0.4, 0.5) is 0 Å². The minimum atomic E-state index is -0.684. The van der Waals surface area contributed by atoms with Crippen LogP contribution < -0.4 is 9.47 Å². The standard InChI is InChI=1S/C30H40N2O5/c1-5-7-19-36-24-15-13-22(14-16-24)27-26(29(34)30(35)32(27)18-10-17-31(3)4)28(33)23-11-9-12-25(21-23)37-20-8-6-2/h9,11-16,21,27,33H,5-8,10,17-20H2,1-4H3/b28-26+. The summed E-state index contributed by atoms with van der Waals surface area (Å²) in [6.07, 6.45) is 4.65. The molecule has 1 heterocycles. The van der Waals surface area contributed by atoms with Crippen molar-refractivity contribution in [1.82, 2.24) is 9.80 Å². The van der Waals surface area contributed by atoms with E-state index >= 15 is 0 Å². The summed E-state index contributed by atoms with van der Waals surface area (Å²) in [5.74, 6) is -0.110. The van der Waals surface area contributed by atoms with Gasteiger partial charge in [-0.3, -0.25) is 9.59 Å². The molecule has 1 fully saturated rings. The minimum absolute atomic E-state index is 0.0974. The Labute approximate surface area is 220 Å². The van der Waals surface area contributed by atoms with Crippen LogP contribution in [-0.2, 0) is 9.59 Å². The zero-order chi connectivity index (χ0) is 26.8. The highest BCUT2D eigenvalue weighted by Gasteiger charge is 2.45. The van der Waals surface area contributed by atoms with E-state index in [1.807, 2.05) is 49.3 Å². The number of hydrogen-bond donors (Lipinski definition) is 1. The number of Topliss-reactive ketones (excluding diaryl/α,β-unsaturated/α-hetero) is 1. The number of unbranched alkanes of at least 4 members (excludes halogenated alkanes) is 2. The molecule has 1 saturated heterocycles. The highest BCUT2D eigenvalue weighted by Crippen LogP contribution is 2.40. The zero-order valence-electron chi connectivity index (χ0n) is 22.5. The van der Waals surface area contributed by atoms with Crippen molar-refractivity contribution in [3.8, 4) is 11.5 Å². The van der Waals surface area contributed by atoms with E-state index in [2.05, 4.69) is 13.8 Å². The summed E-state index contributed by atoms with van der Waals surface area (Å²) in [6, 6.07) is 13.8. The third-order valence-electron chi connectivity index (χ3n) is 6.38. The lowest BCUT2D eigenvalue weighted by Crippen LogP contribution is -2.32. The van der Waals surface area contributed by atoms with Gasteiger partial charge in [0, 0.05) is 12.1 Å². The molecule has 1 unspecified atom stereocenters. The Kier molecular flexibility index (Phi) is 10.6. The maximum atomic E-state index is 13.3. The molecular formula is C30H40N2O5. The van der Waals surface area contributed by atoms with E-state index < -0.39 is 17.7 Å². The van der Waals surface area contributed by atoms with Crippen molar-refractivity contribution in [2.75, 3.05) is 40.4 Å². The number of rotatable bonds is 14. The lowest BCUT2D eigenvalue weighted by atomic mass is 9.95. The second-order valence-electron chi connectivity index (χ2n) is 9.65. The van der Waals surface area contributed by atoms with Gasteiger partial charge in [-0.15, -0.1) is 0 Å². The number of aliphatic hydroxyl groups excluding tert-OH is 1. The van der Waals surface area contributed by atoms with Gasteiger partial charge in [-0.25, -0.2) is 0 Å². The van der Waals surface area contributed by atoms with Gasteiger partial charge < -0.3 is 24.4 Å². The summed E-state index contributed by atoms with van der Waals surface area (Å²) in [6.45, 7) is 6.58. The molecule has 0 radical (unpaired) electrons. The van der Waals surface area contributed by atoms with E-state index in [0.29, 0.717) is 37.5 Å². The molecule has 1 amide bonds. The third-order valence-corrected chi connectivity index (χ3v) is 6.38. The predicted octanol–water partition coefficient (Wildman–Crippen LogP) is 5.42. The fourth-order valence-electron chi connectivity index (χ4n) is 4.32. The SMILES string of the molecule is CCCCOc1ccc(C2/C(=C(\O)c3cccc(OCCCC)c3)C(=O)C(=O)N2CCCN(C)C)cc1. The van der Waals surface area contributed by atoms with E-state index in [-0.39, 0.29) is 11.3 Å². The molecule has 7 nitrogen and oxygen atoms in total. The highest BCUT2D eigenvalue weighted by molar-refractivity contribution is 6.46. The molecule has 0 aliphatic carbocycles. The van der Waals surface area contributed by atoms with Crippen molar-refractivity contribution >= 4 is 17.4 Å². The molecule has 2 aromatic carbocycles. The molecule has 0 spiro atoms. The quantitative estimate of drug-likeness (QED) is 0.159. The van der Waals surface area contributed by atoms with Gasteiger partial charge in [0.2, 0.25) is 0 Å². The van der Waals surface area contributed by atoms with Crippen LogP contribution in [0, 0.1) is 0 Å². The first-order valence-electron chi connectivity index (χ1n) is 13.3. The number of nitrogens with zero attached hydrogens (tertiary/aromatic N) is 2. The number of amides is 1. The smallest absolute Gasteiger partial charge is 0.295 e. The largest absolute Gasteiger partial charge is 0.507 e. The van der Waals surface area contributed by atoms with Gasteiger partial charge in [0.15, 0.2) is 0 Å². The average Bonchev–Trinajstić information content (AvgIpc) is 3.14. The second kappa shape index (κ2) is 13.8. The van der Waals surface area contributed by atoms with Crippen LogP contribution in [0.5, 0.6) is 11.5 Å². The number of benzene rings is 2. The Morgan fingerprint density at radius 3 is 2.19 bits per heavy atom. The van der Waals surface area contributed by atoms with Crippen LogP contribution >= 0.6 is 0 Å². The first-order valence-corrected chi connectivity index (χ1v) is 13.3. The fourth-order valence-corrected chi connectivity index (χ4v) is 4.32. The summed E-state index contributed by atoms with van der Waals surface area (Å²) >= 11 is 0. The van der Waals surface area contributed by atoms with Crippen LogP contribution in [0.3, 0.4) is 0 Å². The van der Waals surface area contributed by atoms with E-state index in [9.17, 15) is 14.7 Å². The van der Waals surface area contributed by atoms with Crippen LogP contribution in [0.15, 0.2) is 54.1 Å². The van der Waals surface area contributed by atoms with Crippen molar-refractivity contribution in [2.45, 2.75) is 52.0 Å². The summed E-state index contributed by atoms with van der Waals surface area (Å²) in [5.41, 5.74) is 1.30. The molecule has 7 heteroatoms. The topological polar surface area (TPSA) is 79.3 Å². The normalized spacial score (nSPS) is 17.0. The molecule has 0 bridgehead atoms. The van der Waals surface area contributed by atoms with Crippen LogP contribution in [-0.4, -0.2) is 67.0 Å². The summed E-state index contributed by atoms with van der Waals surface area (Å²) in [7, 11) is 3.94. The monoisotopic (exact) mass is 508 g/mol. The van der Waals surface area contributed by atoms with Crippen molar-refractivity contribution in [2.24, 2.45) is 0 Å². The van der Waals surface area contributed by atoms with Crippen LogP contribution in [0.1, 0.15) is 63.1 Å². The Morgan fingerprint density at radius 1 is 0.919 bits per heavy atom. The molecule has 37 heavy (non-hydrogen) atoms. The lowest BCUT2D eigenvalue weighted by molar-refractivity contribution is -0.139. The number of likely N-dealkylation sites (tertiary alicyclic amines) is 1. The van der Waals surface area contributed by atoms with Gasteiger partial charge in [-0.2, -0.15) is 0 Å². The van der Waals surface area contributed by atoms with E-state index in [1.165, 1.54) is 0 Å². The van der Waals surface area contributed by atoms with Gasteiger partial charge in [-0.05, 0) is 69.7 Å². The predicted molar refractivity (Wildman–Crippen MR) is 146 cm³/mol. The van der Waals surface area contributed by atoms with Gasteiger partial charge in [0.25, 0.3) is 11.7 Å². The Balaban J connectivity index is 1.98. The van der Waals surface area contributed by atoms with Crippen LogP contribution in [0.2, 0.25) is 0 Å². The molecule has 2 aromatic rings. The maximum Gasteiger partial charge on any atom is 0.295 e. The minimum Gasteiger partial charge on any atom is -0.507 e. The summed E-state index contributed by atoms with van der Waals surface area (Å²) in [5, 5.41) is 11.4.